The molecule has 3 atom stereocenters. The molecule has 0 spiro atoms. The Morgan fingerprint density at radius 3 is 2.31 bits per heavy atom. The zero-order valence-electron chi connectivity index (χ0n) is 24.9. The van der Waals surface area contributed by atoms with Crippen LogP contribution in [0.3, 0.4) is 0 Å². The van der Waals surface area contributed by atoms with Crippen LogP contribution in [0.25, 0.3) is 0 Å². The molecule has 0 aromatic heterocycles. The minimum absolute atomic E-state index is 0.0138. The molecule has 2 aromatic rings. The number of halogens is 4. The third-order valence-corrected chi connectivity index (χ3v) is 9.01. The van der Waals surface area contributed by atoms with Crippen molar-refractivity contribution in [2.75, 3.05) is 20.3 Å². The summed E-state index contributed by atoms with van der Waals surface area (Å²) in [7, 11) is 1.43. The Bertz CT molecular complexity index is 1360. The van der Waals surface area contributed by atoms with Crippen LogP contribution in [0.5, 0.6) is 11.5 Å². The summed E-state index contributed by atoms with van der Waals surface area (Å²) < 4.78 is 52.2. The molecule has 4 N–H and O–H groups in total. The SMILES string of the molecule is COc1cc(CO)cc(I)c1O[C@H]1C=C(C(=O)NCCO)C[C@@H](N(C(=O)c2ccc(C(F)(F)F)cc2)C2CCCCCC2)[C@@H]1O. The fourth-order valence-electron chi connectivity index (χ4n) is 5.94. The number of nitrogens with one attached hydrogen (secondary N) is 1. The highest BCUT2D eigenvalue weighted by molar-refractivity contribution is 14.1. The maximum Gasteiger partial charge on any atom is 0.416 e. The van der Waals surface area contributed by atoms with Crippen molar-refractivity contribution in [1.29, 1.82) is 0 Å². The van der Waals surface area contributed by atoms with Gasteiger partial charge in [-0.2, -0.15) is 13.2 Å². The normalized spacial score (nSPS) is 21.0. The van der Waals surface area contributed by atoms with Gasteiger partial charge in [-0.05, 0) is 83.5 Å². The standard InChI is InChI=1S/C32H38F3IN2O7/c1-44-27-15-19(18-40)14-24(36)29(27)45-26-17-21(30(42)37-12-13-39)16-25(28(26)41)38(23-6-4-2-3-5-7-23)31(43)20-8-10-22(11-9-20)32(33,34)35/h8-11,14-15,17,23,25-26,28,39-41H,2-7,12-13,16,18H2,1H3,(H,37,42)/t25-,26+,28+/m1/s1. The molecular formula is C32H38F3IN2O7. The van der Waals surface area contributed by atoms with E-state index in [1.54, 1.807) is 17.0 Å². The average Bonchev–Trinajstić information content (AvgIpc) is 3.31. The molecule has 2 aromatic carbocycles. The molecule has 1 fully saturated rings. The van der Waals surface area contributed by atoms with E-state index in [-0.39, 0.29) is 49.1 Å². The van der Waals surface area contributed by atoms with E-state index in [9.17, 15) is 38.1 Å². The highest BCUT2D eigenvalue weighted by Gasteiger charge is 2.43. The molecule has 9 nitrogen and oxygen atoms in total. The van der Waals surface area contributed by atoms with Crippen LogP contribution in [0.1, 0.15) is 66.4 Å². The van der Waals surface area contributed by atoms with Crippen LogP contribution in [0.2, 0.25) is 0 Å². The lowest BCUT2D eigenvalue weighted by atomic mass is 9.86. The van der Waals surface area contributed by atoms with Gasteiger partial charge in [-0.3, -0.25) is 9.59 Å². The largest absolute Gasteiger partial charge is 0.493 e. The third kappa shape index (κ3) is 8.48. The van der Waals surface area contributed by atoms with Crippen LogP contribution in [-0.4, -0.2) is 76.6 Å². The fourth-order valence-corrected chi connectivity index (χ4v) is 6.73. The summed E-state index contributed by atoms with van der Waals surface area (Å²) >= 11 is 2.01. The van der Waals surface area contributed by atoms with Gasteiger partial charge in [-0.25, -0.2) is 0 Å². The van der Waals surface area contributed by atoms with Gasteiger partial charge in [0.05, 0.1) is 35.5 Å². The summed E-state index contributed by atoms with van der Waals surface area (Å²) in [5.74, 6) is -0.493. The monoisotopic (exact) mass is 746 g/mol. The van der Waals surface area contributed by atoms with E-state index < -0.39 is 41.8 Å². The summed E-state index contributed by atoms with van der Waals surface area (Å²) in [4.78, 5) is 28.9. The number of carbonyl (C=O) groups is 2. The Balaban J connectivity index is 1.77. The van der Waals surface area contributed by atoms with Crippen molar-refractivity contribution in [3.8, 4) is 11.5 Å². The quantitative estimate of drug-likeness (QED) is 0.207. The molecule has 45 heavy (non-hydrogen) atoms. The molecule has 4 rings (SSSR count). The van der Waals surface area contributed by atoms with Crippen LogP contribution in [-0.2, 0) is 17.6 Å². The zero-order valence-corrected chi connectivity index (χ0v) is 27.0. The lowest BCUT2D eigenvalue weighted by molar-refractivity contribution is -0.137. The van der Waals surface area contributed by atoms with E-state index in [2.05, 4.69) is 5.32 Å². The molecule has 2 aliphatic rings. The summed E-state index contributed by atoms with van der Waals surface area (Å²) in [6.45, 7) is -0.545. The lowest BCUT2D eigenvalue weighted by Crippen LogP contribution is -2.58. The zero-order chi connectivity index (χ0) is 32.7. The van der Waals surface area contributed by atoms with Gasteiger partial charge < -0.3 is 35.0 Å². The van der Waals surface area contributed by atoms with Crippen LogP contribution in [0.15, 0.2) is 48.0 Å². The molecule has 0 radical (unpaired) electrons. The van der Waals surface area contributed by atoms with E-state index in [1.807, 2.05) is 22.6 Å². The summed E-state index contributed by atoms with van der Waals surface area (Å²) in [6.07, 6.45) is -0.737. The van der Waals surface area contributed by atoms with Gasteiger partial charge in [0.25, 0.3) is 5.91 Å². The van der Waals surface area contributed by atoms with Crippen LogP contribution in [0, 0.1) is 3.57 Å². The smallest absolute Gasteiger partial charge is 0.416 e. The molecule has 0 saturated heterocycles. The van der Waals surface area contributed by atoms with Gasteiger partial charge in [-0.1, -0.05) is 25.7 Å². The van der Waals surface area contributed by atoms with Crippen LogP contribution >= 0.6 is 22.6 Å². The molecule has 1 saturated carbocycles. The first-order valence-corrected chi connectivity index (χ1v) is 16.0. The van der Waals surface area contributed by atoms with Gasteiger partial charge in [-0.15, -0.1) is 0 Å². The van der Waals surface area contributed by atoms with E-state index in [0.717, 1.165) is 49.9 Å². The van der Waals surface area contributed by atoms with Crippen molar-refractivity contribution in [2.45, 2.75) is 82.0 Å². The Kier molecular flexibility index (Phi) is 12.1. The first-order valence-electron chi connectivity index (χ1n) is 14.9. The third-order valence-electron chi connectivity index (χ3n) is 8.21. The van der Waals surface area contributed by atoms with Crippen molar-refractivity contribution in [3.05, 3.63) is 68.3 Å². The van der Waals surface area contributed by atoms with Gasteiger partial charge >= 0.3 is 6.18 Å². The second-order valence-corrected chi connectivity index (χ2v) is 12.4. The maximum absolute atomic E-state index is 14.2. The van der Waals surface area contributed by atoms with E-state index >= 15 is 0 Å². The van der Waals surface area contributed by atoms with E-state index in [1.165, 1.54) is 13.2 Å². The van der Waals surface area contributed by atoms with Crippen molar-refractivity contribution in [1.82, 2.24) is 10.2 Å². The Labute approximate surface area is 273 Å². The molecule has 2 aliphatic carbocycles. The van der Waals surface area contributed by atoms with Gasteiger partial charge in [0.2, 0.25) is 5.91 Å². The van der Waals surface area contributed by atoms with Crippen LogP contribution < -0.4 is 14.8 Å². The summed E-state index contributed by atoms with van der Waals surface area (Å²) in [6, 6.07) is 5.98. The molecular weight excluding hydrogens is 708 g/mol. The van der Waals surface area contributed by atoms with Crippen molar-refractivity contribution in [2.24, 2.45) is 0 Å². The van der Waals surface area contributed by atoms with Crippen molar-refractivity contribution in [3.63, 3.8) is 0 Å². The maximum atomic E-state index is 14.2. The minimum atomic E-state index is -4.57. The van der Waals surface area contributed by atoms with Crippen molar-refractivity contribution < 1.29 is 47.6 Å². The number of benzene rings is 2. The number of aliphatic hydroxyl groups is 3. The molecule has 0 heterocycles. The Morgan fingerprint density at radius 1 is 1.07 bits per heavy atom. The average molecular weight is 747 g/mol. The predicted molar refractivity (Wildman–Crippen MR) is 168 cm³/mol. The number of hydrogen-bond donors (Lipinski definition) is 4. The number of methoxy groups -OCH3 is 1. The van der Waals surface area contributed by atoms with E-state index in [4.69, 9.17) is 9.47 Å². The second-order valence-electron chi connectivity index (χ2n) is 11.2. The fraction of sp³-hybridized carbons (Fsp3) is 0.500. The van der Waals surface area contributed by atoms with Gasteiger partial charge in [0, 0.05) is 30.1 Å². The molecule has 0 bridgehead atoms. The number of rotatable bonds is 10. The number of aliphatic hydroxyl groups excluding tert-OH is 3. The Morgan fingerprint density at radius 2 is 1.73 bits per heavy atom. The Hall–Kier alpha value is -2.88. The molecule has 13 heteroatoms. The first-order chi connectivity index (χ1) is 21.5. The number of nitrogens with zero attached hydrogens (tertiary/aromatic N) is 1. The number of carbonyl (C=O) groups excluding carboxylic acids is 2. The predicted octanol–water partition coefficient (Wildman–Crippen LogP) is 4.59. The minimum Gasteiger partial charge on any atom is -0.493 e. The number of ether oxygens (including phenoxy) is 2. The molecule has 0 unspecified atom stereocenters. The lowest BCUT2D eigenvalue weighted by Gasteiger charge is -2.44. The molecule has 246 valence electrons. The summed E-state index contributed by atoms with van der Waals surface area (Å²) in [5, 5.41) is 33.4. The first kappa shape index (κ1) is 35.0. The number of alkyl halides is 3. The highest BCUT2D eigenvalue weighted by atomic mass is 127. The number of hydrogen-bond acceptors (Lipinski definition) is 7. The molecule has 0 aliphatic heterocycles. The summed E-state index contributed by atoms with van der Waals surface area (Å²) in [5.41, 5.74) is -0.0446. The highest BCUT2D eigenvalue weighted by Crippen LogP contribution is 2.38. The van der Waals surface area contributed by atoms with Crippen LogP contribution in [0.4, 0.5) is 13.2 Å². The second kappa shape index (κ2) is 15.6. The van der Waals surface area contributed by atoms with Gasteiger partial charge in [0.15, 0.2) is 11.5 Å². The van der Waals surface area contributed by atoms with E-state index in [0.29, 0.717) is 27.7 Å². The van der Waals surface area contributed by atoms with Gasteiger partial charge in [0.1, 0.15) is 12.2 Å². The number of amides is 2. The topological polar surface area (TPSA) is 129 Å². The van der Waals surface area contributed by atoms with Crippen molar-refractivity contribution >= 4 is 34.4 Å². The molecule has 2 amide bonds.